The molecule has 2 heterocycles. The van der Waals surface area contributed by atoms with Gasteiger partial charge < -0.3 is 4.90 Å². The maximum absolute atomic E-state index is 13.0. The number of hydrazine groups is 1. The molecule has 0 unspecified atom stereocenters. The molecule has 2 aliphatic heterocycles. The van der Waals surface area contributed by atoms with Gasteiger partial charge in [-0.05, 0) is 31.4 Å². The summed E-state index contributed by atoms with van der Waals surface area (Å²) in [6.07, 6.45) is 2.34. The summed E-state index contributed by atoms with van der Waals surface area (Å²) in [6.45, 7) is 1.52. The van der Waals surface area contributed by atoms with E-state index in [1.165, 1.54) is 11.1 Å². The van der Waals surface area contributed by atoms with Crippen LogP contribution in [0.2, 0.25) is 0 Å². The summed E-state index contributed by atoms with van der Waals surface area (Å²) in [6, 6.07) is 4.05. The van der Waals surface area contributed by atoms with Gasteiger partial charge in [0, 0.05) is 38.8 Å². The molecule has 0 spiro atoms. The second-order valence-electron chi connectivity index (χ2n) is 7.21. The molecule has 0 radical (unpaired) electrons. The fourth-order valence-electron chi connectivity index (χ4n) is 3.80. The number of carbonyl (C=O) groups is 1. The number of nitro benzene ring substituents is 1. The minimum absolute atomic E-state index is 0.0450. The maximum Gasteiger partial charge on any atom is 0.293 e. The highest BCUT2D eigenvalue weighted by atomic mass is 32.2. The molecule has 2 saturated heterocycles. The van der Waals surface area contributed by atoms with Gasteiger partial charge in [0.05, 0.1) is 22.5 Å². The normalized spacial score (nSPS) is 21.6. The summed E-state index contributed by atoms with van der Waals surface area (Å²) in [4.78, 5) is 26.1. The molecule has 1 amide bonds. The largest absolute Gasteiger partial charge is 0.366 e. The number of hydrogen-bond donors (Lipinski definition) is 0. The zero-order valence-electron chi connectivity index (χ0n) is 15.5. The summed E-state index contributed by atoms with van der Waals surface area (Å²) in [7, 11) is 0.161. The van der Waals surface area contributed by atoms with Gasteiger partial charge in [-0.15, -0.1) is 0 Å². The Morgan fingerprint density at radius 1 is 1.26 bits per heavy atom. The quantitative estimate of drug-likeness (QED) is 0.546. The van der Waals surface area contributed by atoms with E-state index in [4.69, 9.17) is 0 Å². The molecule has 0 aromatic heterocycles. The van der Waals surface area contributed by atoms with Crippen LogP contribution in [0.1, 0.15) is 29.6 Å². The Labute approximate surface area is 158 Å². The van der Waals surface area contributed by atoms with E-state index >= 15 is 0 Å². The van der Waals surface area contributed by atoms with Crippen LogP contribution >= 0.6 is 0 Å². The predicted octanol–water partition coefficient (Wildman–Crippen LogP) is 1.30. The van der Waals surface area contributed by atoms with Crippen molar-refractivity contribution in [2.75, 3.05) is 43.6 Å². The zero-order chi connectivity index (χ0) is 19.8. The number of hydrogen-bond acceptors (Lipinski definition) is 7. The van der Waals surface area contributed by atoms with E-state index in [1.807, 2.05) is 4.90 Å². The van der Waals surface area contributed by atoms with Crippen LogP contribution in [0.3, 0.4) is 0 Å². The summed E-state index contributed by atoms with van der Waals surface area (Å²) in [5.74, 6) is -0.480. The highest BCUT2D eigenvalue weighted by molar-refractivity contribution is 7.91. The number of amides is 1. The van der Waals surface area contributed by atoms with Gasteiger partial charge in [-0.25, -0.2) is 13.4 Å². The van der Waals surface area contributed by atoms with Gasteiger partial charge in [-0.2, -0.15) is 0 Å². The van der Waals surface area contributed by atoms with E-state index in [0.29, 0.717) is 12.1 Å². The van der Waals surface area contributed by atoms with Gasteiger partial charge >= 0.3 is 0 Å². The highest BCUT2D eigenvalue weighted by Gasteiger charge is 2.37. The topological polar surface area (TPSA) is 104 Å². The lowest BCUT2D eigenvalue weighted by Crippen LogP contribution is -2.49. The first-order valence-corrected chi connectivity index (χ1v) is 10.8. The first-order chi connectivity index (χ1) is 12.7. The monoisotopic (exact) mass is 396 g/mol. The van der Waals surface area contributed by atoms with Gasteiger partial charge in [-0.3, -0.25) is 19.9 Å². The van der Waals surface area contributed by atoms with E-state index in [-0.39, 0.29) is 22.8 Å². The Hall–Kier alpha value is -2.20. The van der Waals surface area contributed by atoms with Crippen LogP contribution in [0.4, 0.5) is 11.4 Å². The number of anilines is 1. The average Bonchev–Trinajstić information content (AvgIpc) is 3.23. The third kappa shape index (κ3) is 4.06. The molecule has 2 aliphatic rings. The summed E-state index contributed by atoms with van der Waals surface area (Å²) >= 11 is 0. The van der Waals surface area contributed by atoms with Crippen molar-refractivity contribution in [1.29, 1.82) is 0 Å². The van der Waals surface area contributed by atoms with Gasteiger partial charge in [0.25, 0.3) is 11.6 Å². The Morgan fingerprint density at radius 3 is 2.44 bits per heavy atom. The van der Waals surface area contributed by atoms with Crippen molar-refractivity contribution >= 4 is 27.1 Å². The van der Waals surface area contributed by atoms with Crippen LogP contribution in [-0.4, -0.2) is 74.0 Å². The number of carbonyl (C=O) groups excluding carboxylic acids is 1. The van der Waals surface area contributed by atoms with Crippen molar-refractivity contribution in [3.05, 3.63) is 33.9 Å². The van der Waals surface area contributed by atoms with E-state index < -0.39 is 26.7 Å². The van der Waals surface area contributed by atoms with Crippen molar-refractivity contribution in [1.82, 2.24) is 10.0 Å². The highest BCUT2D eigenvalue weighted by Crippen LogP contribution is 2.32. The first kappa shape index (κ1) is 19.6. The second kappa shape index (κ2) is 7.43. The minimum Gasteiger partial charge on any atom is -0.366 e. The number of rotatable bonds is 5. The fraction of sp³-hybridized carbons (Fsp3) is 0.588. The minimum atomic E-state index is -3.16. The SMILES string of the molecule is CN(C)N(C(=O)c1ccc(N2CCCC2)c([N+](=O)[O-])c1)[C@H]1CCS(=O)(=O)C1. The molecule has 0 aliphatic carbocycles. The molecule has 0 saturated carbocycles. The Bertz CT molecular complexity index is 849. The van der Waals surface area contributed by atoms with Gasteiger partial charge in [-0.1, -0.05) is 0 Å². The Morgan fingerprint density at radius 2 is 1.93 bits per heavy atom. The van der Waals surface area contributed by atoms with Crippen molar-refractivity contribution in [3.8, 4) is 0 Å². The van der Waals surface area contributed by atoms with Gasteiger partial charge in [0.2, 0.25) is 0 Å². The van der Waals surface area contributed by atoms with Crippen LogP contribution in [0.5, 0.6) is 0 Å². The molecule has 1 aromatic carbocycles. The maximum atomic E-state index is 13.0. The number of sulfone groups is 1. The van der Waals surface area contributed by atoms with E-state index in [1.54, 1.807) is 31.2 Å². The van der Waals surface area contributed by atoms with Crippen LogP contribution in [0.25, 0.3) is 0 Å². The lowest BCUT2D eigenvalue weighted by Gasteiger charge is -2.33. The van der Waals surface area contributed by atoms with Gasteiger partial charge in [0.1, 0.15) is 5.69 Å². The van der Waals surface area contributed by atoms with Crippen LogP contribution in [0, 0.1) is 10.1 Å². The molecule has 1 aromatic rings. The first-order valence-electron chi connectivity index (χ1n) is 8.94. The molecular weight excluding hydrogens is 372 g/mol. The van der Waals surface area contributed by atoms with Crippen LogP contribution in [-0.2, 0) is 9.84 Å². The molecule has 2 fully saturated rings. The third-order valence-corrected chi connectivity index (χ3v) is 6.81. The summed E-state index contributed by atoms with van der Waals surface area (Å²) in [5.41, 5.74) is 0.608. The standard InChI is InChI=1S/C17H24N4O5S/c1-18(2)20(14-7-10-27(25,26)12-14)17(22)13-5-6-15(16(11-13)21(23)24)19-8-3-4-9-19/h5-6,11,14H,3-4,7-10,12H2,1-2H3/t14-/m0/s1. The Balaban J connectivity index is 1.92. The average molecular weight is 396 g/mol. The summed E-state index contributed by atoms with van der Waals surface area (Å²) in [5, 5.41) is 14.5. The van der Waals surface area contributed by atoms with Crippen molar-refractivity contribution in [2.24, 2.45) is 0 Å². The molecule has 10 heteroatoms. The predicted molar refractivity (Wildman–Crippen MR) is 101 cm³/mol. The smallest absolute Gasteiger partial charge is 0.293 e. The molecule has 9 nitrogen and oxygen atoms in total. The van der Waals surface area contributed by atoms with Gasteiger partial charge in [0.15, 0.2) is 9.84 Å². The van der Waals surface area contributed by atoms with E-state index in [0.717, 1.165) is 25.9 Å². The van der Waals surface area contributed by atoms with Crippen LogP contribution in [0.15, 0.2) is 18.2 Å². The van der Waals surface area contributed by atoms with Crippen molar-refractivity contribution in [3.63, 3.8) is 0 Å². The lowest BCUT2D eigenvalue weighted by molar-refractivity contribution is -0.384. The van der Waals surface area contributed by atoms with Crippen LogP contribution < -0.4 is 4.90 Å². The lowest BCUT2D eigenvalue weighted by atomic mass is 10.1. The molecular formula is C17H24N4O5S. The molecule has 148 valence electrons. The van der Waals surface area contributed by atoms with E-state index in [2.05, 4.69) is 0 Å². The Kier molecular flexibility index (Phi) is 5.38. The fourth-order valence-corrected chi connectivity index (χ4v) is 5.49. The number of nitrogens with zero attached hydrogens (tertiary/aromatic N) is 4. The zero-order valence-corrected chi connectivity index (χ0v) is 16.3. The van der Waals surface area contributed by atoms with Crippen molar-refractivity contribution in [2.45, 2.75) is 25.3 Å². The number of benzene rings is 1. The molecule has 1 atom stereocenters. The second-order valence-corrected chi connectivity index (χ2v) is 9.44. The summed E-state index contributed by atoms with van der Waals surface area (Å²) < 4.78 is 23.6. The number of nitro groups is 1. The molecule has 3 rings (SSSR count). The van der Waals surface area contributed by atoms with E-state index in [9.17, 15) is 23.3 Å². The molecule has 0 bridgehead atoms. The molecule has 0 N–H and O–H groups in total. The third-order valence-electron chi connectivity index (χ3n) is 5.06. The van der Waals surface area contributed by atoms with Crippen molar-refractivity contribution < 1.29 is 18.1 Å². The molecule has 27 heavy (non-hydrogen) atoms.